The molecular formula is C26H31N3O3. The molecule has 3 N–H and O–H groups in total. The van der Waals surface area contributed by atoms with Crippen molar-refractivity contribution in [3.63, 3.8) is 0 Å². The van der Waals surface area contributed by atoms with Gasteiger partial charge in [0, 0.05) is 42.3 Å². The molecule has 0 aliphatic carbocycles. The van der Waals surface area contributed by atoms with E-state index in [0.717, 1.165) is 42.7 Å². The second-order valence-electron chi connectivity index (χ2n) is 8.60. The Labute approximate surface area is 189 Å². The van der Waals surface area contributed by atoms with Gasteiger partial charge in [0.25, 0.3) is 0 Å². The molecule has 2 aromatic rings. The van der Waals surface area contributed by atoms with Crippen LogP contribution in [0.15, 0.2) is 54.6 Å². The fraction of sp³-hybridized carbons (Fsp3) is 0.423. The number of benzene rings is 2. The number of aliphatic hydroxyl groups is 2. The van der Waals surface area contributed by atoms with Gasteiger partial charge in [-0.25, -0.2) is 4.79 Å². The molecule has 4 rings (SSSR count). The van der Waals surface area contributed by atoms with Crippen molar-refractivity contribution in [3.8, 4) is 11.8 Å². The first kappa shape index (κ1) is 22.3. The summed E-state index contributed by atoms with van der Waals surface area (Å²) < 4.78 is 0. The number of hydrogen-bond acceptors (Lipinski definition) is 4. The number of nitrogens with zero attached hydrogens (tertiary/aromatic N) is 2. The number of amides is 2. The molecular weight excluding hydrogens is 402 g/mol. The zero-order valence-corrected chi connectivity index (χ0v) is 18.4. The molecule has 2 saturated heterocycles. The van der Waals surface area contributed by atoms with E-state index < -0.39 is 6.10 Å². The van der Waals surface area contributed by atoms with Crippen LogP contribution < -0.4 is 5.32 Å². The lowest BCUT2D eigenvalue weighted by Crippen LogP contribution is -2.68. The monoisotopic (exact) mass is 433 g/mol. The molecule has 2 heterocycles. The maximum absolute atomic E-state index is 13.0. The van der Waals surface area contributed by atoms with Gasteiger partial charge in [-0.05, 0) is 56.1 Å². The largest absolute Gasteiger partial charge is 0.395 e. The molecule has 4 atom stereocenters. The van der Waals surface area contributed by atoms with Gasteiger partial charge in [-0.3, -0.25) is 4.90 Å². The van der Waals surface area contributed by atoms with Crippen molar-refractivity contribution in [3.05, 3.63) is 65.7 Å². The number of nitrogens with one attached hydrogen (secondary N) is 1. The molecule has 2 aromatic carbocycles. The van der Waals surface area contributed by atoms with Crippen LogP contribution in [-0.2, 0) is 0 Å². The Morgan fingerprint density at radius 3 is 2.53 bits per heavy atom. The number of carbonyl (C=O) groups excluding carboxylic acids is 1. The van der Waals surface area contributed by atoms with Crippen molar-refractivity contribution in [2.75, 3.05) is 31.6 Å². The summed E-state index contributed by atoms with van der Waals surface area (Å²) >= 11 is 0. The highest BCUT2D eigenvalue weighted by Gasteiger charge is 2.49. The Bertz CT molecular complexity index is 965. The van der Waals surface area contributed by atoms with Gasteiger partial charge in [0.2, 0.25) is 0 Å². The third-order valence-electron chi connectivity index (χ3n) is 6.40. The van der Waals surface area contributed by atoms with Crippen molar-refractivity contribution in [2.45, 2.75) is 43.9 Å². The molecule has 168 valence electrons. The lowest BCUT2D eigenvalue weighted by atomic mass is 9.74. The van der Waals surface area contributed by atoms with Crippen LogP contribution in [0.3, 0.4) is 0 Å². The summed E-state index contributed by atoms with van der Waals surface area (Å²) in [5.74, 6) is 5.89. The van der Waals surface area contributed by atoms with E-state index in [0.29, 0.717) is 6.54 Å². The molecule has 0 aromatic heterocycles. The van der Waals surface area contributed by atoms with Gasteiger partial charge < -0.3 is 20.4 Å². The van der Waals surface area contributed by atoms with Crippen LogP contribution >= 0.6 is 0 Å². The quantitative estimate of drug-likeness (QED) is 0.651. The third kappa shape index (κ3) is 4.97. The Balaban J connectivity index is 1.51. The van der Waals surface area contributed by atoms with Crippen LogP contribution in [0.2, 0.25) is 0 Å². The molecule has 6 nitrogen and oxygen atoms in total. The van der Waals surface area contributed by atoms with Crippen molar-refractivity contribution in [2.24, 2.45) is 0 Å². The summed E-state index contributed by atoms with van der Waals surface area (Å²) in [7, 11) is 0. The maximum atomic E-state index is 13.0. The number of fused-ring (bicyclic) bond motifs is 1. The lowest BCUT2D eigenvalue weighted by Gasteiger charge is -2.57. The first-order chi connectivity index (χ1) is 15.6. The van der Waals surface area contributed by atoms with Gasteiger partial charge in [-0.1, -0.05) is 42.2 Å². The molecule has 0 saturated carbocycles. The van der Waals surface area contributed by atoms with Crippen molar-refractivity contribution in [1.82, 2.24) is 9.80 Å². The average Bonchev–Trinajstić information content (AvgIpc) is 2.78. The zero-order chi connectivity index (χ0) is 22.5. The minimum absolute atomic E-state index is 0.0616. The smallest absolute Gasteiger partial charge is 0.321 e. The summed E-state index contributed by atoms with van der Waals surface area (Å²) in [4.78, 5) is 17.3. The predicted octanol–water partition coefficient (Wildman–Crippen LogP) is 2.88. The van der Waals surface area contributed by atoms with Crippen LogP contribution in [0, 0.1) is 11.8 Å². The molecule has 0 bridgehead atoms. The van der Waals surface area contributed by atoms with Gasteiger partial charge >= 0.3 is 6.03 Å². The highest BCUT2D eigenvalue weighted by atomic mass is 16.3. The van der Waals surface area contributed by atoms with E-state index in [1.165, 1.54) is 0 Å². The summed E-state index contributed by atoms with van der Waals surface area (Å²) in [6, 6.07) is 17.7. The van der Waals surface area contributed by atoms with Gasteiger partial charge in [0.05, 0.1) is 6.61 Å². The topological polar surface area (TPSA) is 76.0 Å². The summed E-state index contributed by atoms with van der Waals surface area (Å²) in [5, 5.41) is 22.5. The van der Waals surface area contributed by atoms with Gasteiger partial charge in [-0.2, -0.15) is 0 Å². The molecule has 2 aliphatic heterocycles. The number of aliphatic hydroxyl groups excluding tert-OH is 2. The molecule has 0 radical (unpaired) electrons. The second-order valence-corrected chi connectivity index (χ2v) is 8.60. The first-order valence-corrected chi connectivity index (χ1v) is 11.3. The molecule has 2 fully saturated rings. The van der Waals surface area contributed by atoms with Crippen LogP contribution in [0.5, 0.6) is 0 Å². The number of rotatable bonds is 3. The molecule has 6 heteroatoms. The van der Waals surface area contributed by atoms with Crippen molar-refractivity contribution < 1.29 is 15.0 Å². The highest BCUT2D eigenvalue weighted by Crippen LogP contribution is 2.42. The van der Waals surface area contributed by atoms with Crippen LogP contribution in [-0.4, -0.2) is 70.5 Å². The van der Waals surface area contributed by atoms with Crippen LogP contribution in [0.25, 0.3) is 0 Å². The molecule has 2 aliphatic rings. The van der Waals surface area contributed by atoms with Crippen molar-refractivity contribution >= 4 is 11.7 Å². The van der Waals surface area contributed by atoms with E-state index >= 15 is 0 Å². The summed E-state index contributed by atoms with van der Waals surface area (Å²) in [6.45, 7) is 4.04. The number of urea groups is 1. The minimum Gasteiger partial charge on any atom is -0.395 e. The van der Waals surface area contributed by atoms with Gasteiger partial charge in [0.15, 0.2) is 0 Å². The third-order valence-corrected chi connectivity index (χ3v) is 6.40. The number of anilines is 1. The molecule has 0 unspecified atom stereocenters. The second kappa shape index (κ2) is 10.2. The fourth-order valence-corrected chi connectivity index (χ4v) is 4.83. The molecule has 32 heavy (non-hydrogen) atoms. The lowest BCUT2D eigenvalue weighted by molar-refractivity contribution is -0.0585. The summed E-state index contributed by atoms with van der Waals surface area (Å²) in [6.07, 6.45) is 1.30. The van der Waals surface area contributed by atoms with E-state index in [1.807, 2.05) is 47.4 Å². The van der Waals surface area contributed by atoms with Crippen LogP contribution in [0.4, 0.5) is 10.5 Å². The molecule has 0 spiro atoms. The Hall–Kier alpha value is -2.85. The van der Waals surface area contributed by atoms with E-state index in [9.17, 15) is 15.0 Å². The van der Waals surface area contributed by atoms with Gasteiger partial charge in [0.1, 0.15) is 6.10 Å². The average molecular weight is 434 g/mol. The van der Waals surface area contributed by atoms with E-state index in [-0.39, 0.29) is 30.6 Å². The first-order valence-electron chi connectivity index (χ1n) is 11.3. The standard InChI is InChI=1S/C26H31N3O3/c1-19(31)9-10-20-11-13-21(14-12-20)25-23-17-28(15-5-6-16-29(23)24(25)18-30)26(32)27-22-7-3-2-4-8-22/h2-4,7-8,11-14,19,23-25,30-31H,5-6,15-18H2,1H3,(H,27,32)/t19-,23+,24-,25-/m1/s1. The Kier molecular flexibility index (Phi) is 7.11. The number of carbonyl (C=O) groups is 1. The van der Waals surface area contributed by atoms with E-state index in [2.05, 4.69) is 34.2 Å². The molecule has 2 amide bonds. The normalized spacial score (nSPS) is 24.1. The Morgan fingerprint density at radius 2 is 1.84 bits per heavy atom. The van der Waals surface area contributed by atoms with E-state index in [1.54, 1.807) is 6.92 Å². The van der Waals surface area contributed by atoms with Crippen molar-refractivity contribution in [1.29, 1.82) is 0 Å². The Morgan fingerprint density at radius 1 is 1.12 bits per heavy atom. The maximum Gasteiger partial charge on any atom is 0.321 e. The zero-order valence-electron chi connectivity index (χ0n) is 18.4. The summed E-state index contributed by atoms with van der Waals surface area (Å²) in [5.41, 5.74) is 2.80. The van der Waals surface area contributed by atoms with Crippen LogP contribution in [0.1, 0.15) is 36.8 Å². The van der Waals surface area contributed by atoms with E-state index in [4.69, 9.17) is 0 Å². The number of hydrogen-bond donors (Lipinski definition) is 3. The van der Waals surface area contributed by atoms with Gasteiger partial charge in [-0.15, -0.1) is 0 Å². The predicted molar refractivity (Wildman–Crippen MR) is 125 cm³/mol. The SMILES string of the molecule is C[C@@H](O)C#Cc1ccc([C@H]2[C@@H](CO)N3CCCCN(C(=O)Nc4ccccc4)C[C@@H]23)cc1. The fourth-order valence-electron chi connectivity index (χ4n) is 4.83. The minimum atomic E-state index is -0.656. The highest BCUT2D eigenvalue weighted by molar-refractivity contribution is 5.89. The number of para-hydroxylation sites is 1.